The first-order valence-corrected chi connectivity index (χ1v) is 6.22. The van der Waals surface area contributed by atoms with Gasteiger partial charge in [0.2, 0.25) is 0 Å². The number of rotatable bonds is 1. The lowest BCUT2D eigenvalue weighted by molar-refractivity contribution is 0.636. The maximum atomic E-state index is 14.2. The maximum Gasteiger partial charge on any atom is 0.258 e. The lowest BCUT2D eigenvalue weighted by Crippen LogP contribution is -2.16. The molecule has 0 aliphatic heterocycles. The standard InChI is InChI=1S/C16H13FN2O/c1-19-9-13(11-7-4-8-14(18)15(11)17)10-5-2-3-6-12(10)16(19)20/h2-9H,18H2,1H3. The van der Waals surface area contributed by atoms with Crippen LogP contribution in [0.15, 0.2) is 53.5 Å². The fraction of sp³-hybridized carbons (Fsp3) is 0.0625. The molecule has 2 aromatic carbocycles. The summed E-state index contributed by atoms with van der Waals surface area (Å²) in [5, 5.41) is 1.29. The number of aromatic nitrogens is 1. The van der Waals surface area contributed by atoms with E-state index in [1.165, 1.54) is 10.6 Å². The van der Waals surface area contributed by atoms with Crippen LogP contribution in [0.1, 0.15) is 0 Å². The molecule has 100 valence electrons. The van der Waals surface area contributed by atoms with Gasteiger partial charge in [-0.3, -0.25) is 4.79 Å². The Labute approximate surface area is 115 Å². The van der Waals surface area contributed by atoms with Gasteiger partial charge in [0.1, 0.15) is 0 Å². The van der Waals surface area contributed by atoms with E-state index in [1.54, 1.807) is 37.5 Å². The molecule has 0 fully saturated rings. The molecule has 0 bridgehead atoms. The van der Waals surface area contributed by atoms with E-state index in [0.29, 0.717) is 16.5 Å². The molecule has 3 nitrogen and oxygen atoms in total. The Bertz CT molecular complexity index is 868. The van der Waals surface area contributed by atoms with Gasteiger partial charge in [0.25, 0.3) is 5.56 Å². The Morgan fingerprint density at radius 3 is 2.45 bits per heavy atom. The average molecular weight is 268 g/mol. The number of aryl methyl sites for hydroxylation is 1. The van der Waals surface area contributed by atoms with Crippen LogP contribution in [-0.4, -0.2) is 4.57 Å². The normalized spacial score (nSPS) is 10.9. The first-order valence-electron chi connectivity index (χ1n) is 6.22. The van der Waals surface area contributed by atoms with E-state index < -0.39 is 5.82 Å². The molecule has 20 heavy (non-hydrogen) atoms. The predicted molar refractivity (Wildman–Crippen MR) is 79.0 cm³/mol. The third kappa shape index (κ3) is 1.77. The van der Waals surface area contributed by atoms with Gasteiger partial charge in [0, 0.05) is 29.8 Å². The summed E-state index contributed by atoms with van der Waals surface area (Å²) in [6.45, 7) is 0. The van der Waals surface area contributed by atoms with Crippen molar-refractivity contribution in [2.45, 2.75) is 0 Å². The smallest absolute Gasteiger partial charge is 0.258 e. The molecule has 0 unspecified atom stereocenters. The van der Waals surface area contributed by atoms with Crippen molar-refractivity contribution in [3.8, 4) is 11.1 Å². The average Bonchev–Trinajstić information content (AvgIpc) is 2.46. The van der Waals surface area contributed by atoms with Gasteiger partial charge in [-0.05, 0) is 17.5 Å². The molecular weight excluding hydrogens is 255 g/mol. The van der Waals surface area contributed by atoms with Crippen molar-refractivity contribution in [2.24, 2.45) is 7.05 Å². The topological polar surface area (TPSA) is 48.0 Å². The number of hydrogen-bond acceptors (Lipinski definition) is 2. The van der Waals surface area contributed by atoms with E-state index in [4.69, 9.17) is 5.73 Å². The highest BCUT2D eigenvalue weighted by Crippen LogP contribution is 2.30. The molecule has 1 heterocycles. The second kappa shape index (κ2) is 4.49. The fourth-order valence-corrected chi connectivity index (χ4v) is 2.39. The molecule has 0 saturated carbocycles. The molecule has 4 heteroatoms. The minimum absolute atomic E-state index is 0.0976. The van der Waals surface area contributed by atoms with Crippen LogP contribution < -0.4 is 11.3 Å². The number of benzene rings is 2. The van der Waals surface area contributed by atoms with Crippen LogP contribution >= 0.6 is 0 Å². The van der Waals surface area contributed by atoms with Gasteiger partial charge < -0.3 is 10.3 Å². The Hall–Kier alpha value is -2.62. The Morgan fingerprint density at radius 2 is 1.70 bits per heavy atom. The zero-order valence-corrected chi connectivity index (χ0v) is 10.9. The number of pyridine rings is 1. The third-order valence-electron chi connectivity index (χ3n) is 3.41. The predicted octanol–water partition coefficient (Wildman–Crippen LogP) is 2.93. The summed E-state index contributed by atoms with van der Waals surface area (Å²) in [4.78, 5) is 12.1. The summed E-state index contributed by atoms with van der Waals surface area (Å²) >= 11 is 0. The van der Waals surface area contributed by atoms with E-state index in [2.05, 4.69) is 0 Å². The van der Waals surface area contributed by atoms with Crippen LogP contribution in [0, 0.1) is 5.82 Å². The number of nitrogens with two attached hydrogens (primary N) is 1. The highest BCUT2D eigenvalue weighted by molar-refractivity contribution is 5.96. The van der Waals surface area contributed by atoms with Crippen molar-refractivity contribution in [3.05, 3.63) is 64.8 Å². The van der Waals surface area contributed by atoms with Crippen LogP contribution in [-0.2, 0) is 7.05 Å². The Balaban J connectivity index is 2.46. The number of nitrogen functional groups attached to an aromatic ring is 1. The van der Waals surface area contributed by atoms with Crippen LogP contribution in [0.4, 0.5) is 10.1 Å². The zero-order chi connectivity index (χ0) is 14.3. The number of anilines is 1. The molecule has 0 spiro atoms. The zero-order valence-electron chi connectivity index (χ0n) is 10.9. The Kier molecular flexibility index (Phi) is 2.79. The molecule has 1 aromatic heterocycles. The van der Waals surface area contributed by atoms with Gasteiger partial charge in [-0.1, -0.05) is 30.3 Å². The van der Waals surface area contributed by atoms with Crippen LogP contribution in [0.3, 0.4) is 0 Å². The molecule has 3 rings (SSSR count). The quantitative estimate of drug-likeness (QED) is 0.690. The largest absolute Gasteiger partial charge is 0.396 e. The summed E-state index contributed by atoms with van der Waals surface area (Å²) in [5.41, 5.74) is 6.68. The number of nitrogens with zero attached hydrogens (tertiary/aromatic N) is 1. The summed E-state index contributed by atoms with van der Waals surface area (Å²) in [6.07, 6.45) is 1.64. The first-order chi connectivity index (χ1) is 9.59. The van der Waals surface area contributed by atoms with Crippen molar-refractivity contribution in [2.75, 3.05) is 5.73 Å². The van der Waals surface area contributed by atoms with Crippen LogP contribution in [0.25, 0.3) is 21.9 Å². The minimum Gasteiger partial charge on any atom is -0.396 e. The van der Waals surface area contributed by atoms with E-state index in [1.807, 2.05) is 12.1 Å². The first kappa shape index (κ1) is 12.4. The van der Waals surface area contributed by atoms with Gasteiger partial charge in [-0.25, -0.2) is 4.39 Å². The maximum absolute atomic E-state index is 14.2. The number of fused-ring (bicyclic) bond motifs is 1. The van der Waals surface area contributed by atoms with Crippen LogP contribution in [0.2, 0.25) is 0 Å². The molecule has 0 aliphatic carbocycles. The monoisotopic (exact) mass is 268 g/mol. The van der Waals surface area contributed by atoms with Crippen molar-refractivity contribution < 1.29 is 4.39 Å². The van der Waals surface area contributed by atoms with Gasteiger partial charge in [0.15, 0.2) is 5.82 Å². The SMILES string of the molecule is Cn1cc(-c2cccc(N)c2F)c2ccccc2c1=O. The Morgan fingerprint density at radius 1 is 1.00 bits per heavy atom. The van der Waals surface area contributed by atoms with Crippen molar-refractivity contribution in [3.63, 3.8) is 0 Å². The molecule has 3 aromatic rings. The summed E-state index contributed by atoms with van der Waals surface area (Å²) < 4.78 is 15.7. The summed E-state index contributed by atoms with van der Waals surface area (Å²) in [5.74, 6) is -0.462. The van der Waals surface area contributed by atoms with Gasteiger partial charge >= 0.3 is 0 Å². The fourth-order valence-electron chi connectivity index (χ4n) is 2.39. The minimum atomic E-state index is -0.462. The molecule has 0 atom stereocenters. The van der Waals surface area contributed by atoms with E-state index in [9.17, 15) is 9.18 Å². The van der Waals surface area contributed by atoms with Crippen molar-refractivity contribution in [1.82, 2.24) is 4.57 Å². The molecular formula is C16H13FN2O. The second-order valence-electron chi connectivity index (χ2n) is 4.71. The summed E-state index contributed by atoms with van der Waals surface area (Å²) in [6, 6.07) is 12.1. The summed E-state index contributed by atoms with van der Waals surface area (Å²) in [7, 11) is 1.66. The van der Waals surface area contributed by atoms with Crippen molar-refractivity contribution in [1.29, 1.82) is 0 Å². The highest BCUT2D eigenvalue weighted by atomic mass is 19.1. The van der Waals surface area contributed by atoms with Gasteiger partial charge in [-0.15, -0.1) is 0 Å². The highest BCUT2D eigenvalue weighted by Gasteiger charge is 2.13. The molecule has 0 amide bonds. The lowest BCUT2D eigenvalue weighted by atomic mass is 10.00. The van der Waals surface area contributed by atoms with E-state index in [-0.39, 0.29) is 11.2 Å². The van der Waals surface area contributed by atoms with E-state index >= 15 is 0 Å². The molecule has 0 aliphatic rings. The van der Waals surface area contributed by atoms with Gasteiger partial charge in [0.05, 0.1) is 5.69 Å². The molecule has 2 N–H and O–H groups in total. The number of halogens is 1. The van der Waals surface area contributed by atoms with E-state index in [0.717, 1.165) is 5.39 Å². The lowest BCUT2D eigenvalue weighted by Gasteiger charge is -2.11. The van der Waals surface area contributed by atoms with Gasteiger partial charge in [-0.2, -0.15) is 0 Å². The second-order valence-corrected chi connectivity index (χ2v) is 4.71. The van der Waals surface area contributed by atoms with Crippen molar-refractivity contribution >= 4 is 16.5 Å². The number of hydrogen-bond donors (Lipinski definition) is 1. The van der Waals surface area contributed by atoms with Crippen LogP contribution in [0.5, 0.6) is 0 Å². The molecule has 0 radical (unpaired) electrons. The molecule has 0 saturated heterocycles. The third-order valence-corrected chi connectivity index (χ3v) is 3.41.